The van der Waals surface area contributed by atoms with Gasteiger partial charge in [0.15, 0.2) is 5.76 Å². The fourth-order valence-electron chi connectivity index (χ4n) is 2.72. The third-order valence-corrected chi connectivity index (χ3v) is 3.94. The Kier molecular flexibility index (Phi) is 4.39. The van der Waals surface area contributed by atoms with Crippen LogP contribution in [0.4, 0.5) is 0 Å². The highest BCUT2D eigenvalue weighted by atomic mass is 16.7. The van der Waals surface area contributed by atoms with E-state index in [0.717, 1.165) is 21.4 Å². The summed E-state index contributed by atoms with van der Waals surface area (Å²) < 4.78 is 15.2. The molecule has 3 rings (SSSR count). The Morgan fingerprint density at radius 2 is 1.80 bits per heavy atom. The number of carbonyl (C=O) groups excluding carboxylic acids is 2. The molecule has 0 bridgehead atoms. The maximum absolute atomic E-state index is 12.4. The molecule has 0 unspecified atom stereocenters. The SMILES string of the molecule is C=C(CC(=O)c1cc2c(=C)c3ccccc3c(=C)c2o1)OCOC=O. The maximum atomic E-state index is 12.4. The number of ether oxygens (including phenoxy) is 2. The van der Waals surface area contributed by atoms with Crippen LogP contribution in [0, 0.1) is 0 Å². The first kappa shape index (κ1) is 16.5. The highest BCUT2D eigenvalue weighted by molar-refractivity contribution is 6.02. The highest BCUT2D eigenvalue weighted by Gasteiger charge is 2.16. The van der Waals surface area contributed by atoms with Crippen molar-refractivity contribution in [1.29, 1.82) is 0 Å². The molecule has 5 nitrogen and oxygen atoms in total. The molecule has 126 valence electrons. The van der Waals surface area contributed by atoms with E-state index in [0.29, 0.717) is 10.8 Å². The van der Waals surface area contributed by atoms with E-state index in [1.54, 1.807) is 6.07 Å². The first-order chi connectivity index (χ1) is 12.0. The molecule has 0 saturated carbocycles. The zero-order chi connectivity index (χ0) is 18.0. The van der Waals surface area contributed by atoms with Gasteiger partial charge in [0.2, 0.25) is 12.6 Å². The minimum Gasteiger partial charge on any atom is -0.462 e. The van der Waals surface area contributed by atoms with Crippen molar-refractivity contribution >= 4 is 47.2 Å². The van der Waals surface area contributed by atoms with Crippen LogP contribution in [-0.4, -0.2) is 19.0 Å². The minimum atomic E-state index is -0.296. The standard InChI is InChI=1S/C20H16O5/c1-12(24-11-23-10-21)8-18(22)19-9-17-13(2)15-6-4-5-7-16(15)14(3)20(17)25-19/h4-7,9-10H,1-3,8,11H2. The quantitative estimate of drug-likeness (QED) is 0.218. The number of rotatable bonds is 7. The van der Waals surface area contributed by atoms with Crippen LogP contribution in [0.2, 0.25) is 0 Å². The van der Waals surface area contributed by atoms with Gasteiger partial charge in [0.25, 0.3) is 6.47 Å². The molecule has 0 aliphatic rings. The van der Waals surface area contributed by atoms with Crippen molar-refractivity contribution < 1.29 is 23.5 Å². The summed E-state index contributed by atoms with van der Waals surface area (Å²) >= 11 is 0. The van der Waals surface area contributed by atoms with Crippen LogP contribution in [-0.2, 0) is 14.3 Å². The molecule has 25 heavy (non-hydrogen) atoms. The minimum absolute atomic E-state index is 0.0828. The number of benzene rings is 2. The summed E-state index contributed by atoms with van der Waals surface area (Å²) in [7, 11) is 0. The largest absolute Gasteiger partial charge is 0.462 e. The lowest BCUT2D eigenvalue weighted by atomic mass is 10.0. The summed E-state index contributed by atoms with van der Waals surface area (Å²) in [6.45, 7) is 11.8. The molecule has 0 aliphatic heterocycles. The monoisotopic (exact) mass is 336 g/mol. The number of carbonyl (C=O) groups is 2. The molecule has 0 amide bonds. The Labute approximate surface area is 143 Å². The summed E-state index contributed by atoms with van der Waals surface area (Å²) in [6.07, 6.45) is -0.0828. The van der Waals surface area contributed by atoms with Gasteiger partial charge in [-0.1, -0.05) is 44.0 Å². The smallest absolute Gasteiger partial charge is 0.295 e. The number of hydrogen-bond acceptors (Lipinski definition) is 5. The average Bonchev–Trinajstić information content (AvgIpc) is 3.06. The van der Waals surface area contributed by atoms with E-state index in [4.69, 9.17) is 9.15 Å². The van der Waals surface area contributed by atoms with Gasteiger partial charge in [0.05, 0.1) is 6.42 Å². The van der Waals surface area contributed by atoms with Crippen molar-refractivity contribution in [3.8, 4) is 0 Å². The third-order valence-electron chi connectivity index (χ3n) is 3.94. The molecular weight excluding hydrogens is 320 g/mol. The van der Waals surface area contributed by atoms with Crippen molar-refractivity contribution in [2.75, 3.05) is 6.79 Å². The molecule has 0 atom stereocenters. The van der Waals surface area contributed by atoms with Crippen molar-refractivity contribution in [2.24, 2.45) is 0 Å². The summed E-state index contributed by atoms with van der Waals surface area (Å²) in [4.78, 5) is 22.5. The van der Waals surface area contributed by atoms with E-state index >= 15 is 0 Å². The highest BCUT2D eigenvalue weighted by Crippen LogP contribution is 2.19. The molecule has 1 heterocycles. The van der Waals surface area contributed by atoms with Crippen LogP contribution in [0.15, 0.2) is 47.1 Å². The third kappa shape index (κ3) is 3.04. The van der Waals surface area contributed by atoms with Gasteiger partial charge < -0.3 is 13.9 Å². The van der Waals surface area contributed by atoms with Crippen molar-refractivity contribution in [3.63, 3.8) is 0 Å². The van der Waals surface area contributed by atoms with Crippen LogP contribution in [0.5, 0.6) is 0 Å². The molecule has 5 heteroatoms. The van der Waals surface area contributed by atoms with Gasteiger partial charge in [0.1, 0.15) is 11.3 Å². The van der Waals surface area contributed by atoms with E-state index in [1.165, 1.54) is 0 Å². The second kappa shape index (κ2) is 6.65. The van der Waals surface area contributed by atoms with Crippen molar-refractivity contribution in [3.05, 3.63) is 58.9 Å². The zero-order valence-corrected chi connectivity index (χ0v) is 13.5. The van der Waals surface area contributed by atoms with Gasteiger partial charge in [-0.3, -0.25) is 9.59 Å². The van der Waals surface area contributed by atoms with E-state index in [9.17, 15) is 9.59 Å². The molecule has 0 aliphatic carbocycles. The van der Waals surface area contributed by atoms with E-state index in [1.807, 2.05) is 24.3 Å². The number of fused-ring (bicyclic) bond motifs is 2. The van der Waals surface area contributed by atoms with Gasteiger partial charge in [0, 0.05) is 10.6 Å². The Morgan fingerprint density at radius 1 is 1.12 bits per heavy atom. The average molecular weight is 336 g/mol. The maximum Gasteiger partial charge on any atom is 0.295 e. The molecule has 0 fully saturated rings. The predicted molar refractivity (Wildman–Crippen MR) is 95.2 cm³/mol. The normalized spacial score (nSPS) is 10.7. The molecule has 3 aromatic rings. The molecule has 0 N–H and O–H groups in total. The van der Waals surface area contributed by atoms with E-state index in [2.05, 4.69) is 24.5 Å². The van der Waals surface area contributed by atoms with Crippen molar-refractivity contribution in [2.45, 2.75) is 6.42 Å². The van der Waals surface area contributed by atoms with Gasteiger partial charge >= 0.3 is 0 Å². The van der Waals surface area contributed by atoms with Gasteiger partial charge in [-0.05, 0) is 22.1 Å². The predicted octanol–water partition coefficient (Wildman–Crippen LogP) is 2.64. The second-order valence-corrected chi connectivity index (χ2v) is 5.52. The molecule has 2 aromatic carbocycles. The Hall–Kier alpha value is -3.34. The number of ketones is 1. The zero-order valence-electron chi connectivity index (χ0n) is 13.5. The fraction of sp³-hybridized carbons (Fsp3) is 0.100. The summed E-state index contributed by atoms with van der Waals surface area (Å²) in [6, 6.07) is 9.41. The summed E-state index contributed by atoms with van der Waals surface area (Å²) in [5, 5.41) is 4.16. The lowest BCUT2D eigenvalue weighted by Gasteiger charge is -2.05. The molecule has 1 aromatic heterocycles. The molecule has 0 saturated heterocycles. The van der Waals surface area contributed by atoms with Crippen LogP contribution in [0.25, 0.3) is 34.9 Å². The van der Waals surface area contributed by atoms with Crippen LogP contribution < -0.4 is 10.4 Å². The first-order valence-corrected chi connectivity index (χ1v) is 7.54. The fourth-order valence-corrected chi connectivity index (χ4v) is 2.72. The van der Waals surface area contributed by atoms with E-state index in [-0.39, 0.29) is 37.0 Å². The summed E-state index contributed by atoms with van der Waals surface area (Å²) in [5.41, 5.74) is 0.544. The number of allylic oxidation sites excluding steroid dienone is 1. The Balaban J connectivity index is 1.96. The van der Waals surface area contributed by atoms with Crippen LogP contribution in [0.3, 0.4) is 0 Å². The Morgan fingerprint density at radius 3 is 2.48 bits per heavy atom. The molecule has 0 radical (unpaired) electrons. The lowest BCUT2D eigenvalue weighted by molar-refractivity contribution is -0.137. The van der Waals surface area contributed by atoms with Crippen LogP contribution in [0.1, 0.15) is 17.0 Å². The van der Waals surface area contributed by atoms with Crippen molar-refractivity contribution in [1.82, 2.24) is 0 Å². The van der Waals surface area contributed by atoms with Gasteiger partial charge in [-0.25, -0.2) is 0 Å². The number of furan rings is 1. The number of hydrogen-bond donors (Lipinski definition) is 0. The first-order valence-electron chi connectivity index (χ1n) is 7.54. The lowest BCUT2D eigenvalue weighted by Crippen LogP contribution is -2.10. The molecule has 0 spiro atoms. The topological polar surface area (TPSA) is 65.7 Å². The summed E-state index contributed by atoms with van der Waals surface area (Å²) in [5.74, 6) is 0.0680. The van der Waals surface area contributed by atoms with Gasteiger partial charge in [-0.15, -0.1) is 0 Å². The number of Topliss-reactive ketones (excluding diaryl/α,β-unsaturated/α-hetero) is 1. The van der Waals surface area contributed by atoms with Gasteiger partial charge in [-0.2, -0.15) is 0 Å². The Bertz CT molecular complexity index is 1020. The molecular formula is C20H16O5. The van der Waals surface area contributed by atoms with Crippen LogP contribution >= 0.6 is 0 Å². The van der Waals surface area contributed by atoms with E-state index < -0.39 is 0 Å². The second-order valence-electron chi connectivity index (χ2n) is 5.52.